The summed E-state index contributed by atoms with van der Waals surface area (Å²) >= 11 is 0. The van der Waals surface area contributed by atoms with Crippen molar-refractivity contribution in [3.63, 3.8) is 0 Å². The second kappa shape index (κ2) is 5.48. The fourth-order valence-corrected chi connectivity index (χ4v) is 2.15. The van der Waals surface area contributed by atoms with Crippen molar-refractivity contribution in [3.8, 4) is 0 Å². The summed E-state index contributed by atoms with van der Waals surface area (Å²) in [5.41, 5.74) is 7.01. The molecule has 1 aliphatic rings. The number of benzene rings is 1. The van der Waals surface area contributed by atoms with Gasteiger partial charge in [-0.2, -0.15) is 0 Å². The van der Waals surface area contributed by atoms with E-state index in [0.717, 1.165) is 13.1 Å². The predicted molar refractivity (Wildman–Crippen MR) is 65.3 cm³/mol. The molecule has 0 amide bonds. The molecule has 2 N–H and O–H groups in total. The van der Waals surface area contributed by atoms with Crippen molar-refractivity contribution in [2.75, 3.05) is 26.2 Å². The monoisotopic (exact) mass is 216 g/mol. The molecule has 2 radical (unpaired) electrons. The number of nitrogens with two attached hydrogens (primary N) is 1. The fourth-order valence-electron chi connectivity index (χ4n) is 2.15. The molecule has 16 heavy (non-hydrogen) atoms. The minimum Gasteiger partial charge on any atom is -0.375 e. The second-order valence-electron chi connectivity index (χ2n) is 4.16. The van der Waals surface area contributed by atoms with Gasteiger partial charge in [0.25, 0.3) is 0 Å². The molecule has 0 aromatic heterocycles. The third-order valence-electron chi connectivity index (χ3n) is 3.05. The summed E-state index contributed by atoms with van der Waals surface area (Å²) in [6.45, 7) is 2.75. The van der Waals surface area contributed by atoms with E-state index in [4.69, 9.17) is 18.5 Å². The number of rotatable bonds is 2. The molecule has 1 unspecified atom stereocenters. The van der Waals surface area contributed by atoms with E-state index < -0.39 is 0 Å². The summed E-state index contributed by atoms with van der Waals surface area (Å²) in [7, 11) is 5.89. The Morgan fingerprint density at radius 3 is 2.81 bits per heavy atom. The van der Waals surface area contributed by atoms with Gasteiger partial charge in [0.2, 0.25) is 0 Å². The smallest absolute Gasteiger partial charge is 0.182 e. The lowest BCUT2D eigenvalue weighted by Gasteiger charge is -2.25. The highest BCUT2D eigenvalue weighted by Crippen LogP contribution is 2.24. The summed E-state index contributed by atoms with van der Waals surface area (Å²) in [5.74, 6) is 0.263. The van der Waals surface area contributed by atoms with Crippen molar-refractivity contribution in [2.45, 2.75) is 12.0 Å². The Labute approximate surface area is 98.0 Å². The molecule has 1 aromatic carbocycles. The molecule has 0 saturated carbocycles. The Hall–Kier alpha value is -0.835. The first-order chi connectivity index (χ1) is 7.81. The van der Waals surface area contributed by atoms with Gasteiger partial charge in [-0.3, -0.25) is 0 Å². The molecule has 84 valence electrons. The van der Waals surface area contributed by atoms with E-state index in [2.05, 4.69) is 12.1 Å². The maximum absolute atomic E-state index is 5.89. The molecule has 1 aromatic rings. The molecule has 0 spiro atoms. The van der Waals surface area contributed by atoms with Crippen molar-refractivity contribution in [1.82, 2.24) is 4.81 Å². The van der Waals surface area contributed by atoms with Crippen LogP contribution >= 0.6 is 0 Å². The molecule has 1 saturated heterocycles. The quantitative estimate of drug-likeness (QED) is 0.732. The molecule has 0 bridgehead atoms. The largest absolute Gasteiger partial charge is 0.375 e. The summed E-state index contributed by atoms with van der Waals surface area (Å²) in [6.07, 6.45) is 0.0657. The third kappa shape index (κ3) is 2.64. The number of ether oxygens (including phenoxy) is 1. The third-order valence-corrected chi connectivity index (χ3v) is 3.05. The Kier molecular flexibility index (Phi) is 3.99. The number of hydrogen-bond acceptors (Lipinski definition) is 3. The van der Waals surface area contributed by atoms with Crippen molar-refractivity contribution in [2.24, 2.45) is 5.73 Å². The van der Waals surface area contributed by atoms with E-state index in [1.807, 2.05) is 23.0 Å². The van der Waals surface area contributed by atoms with Gasteiger partial charge < -0.3 is 15.3 Å². The molecule has 1 heterocycles. The van der Waals surface area contributed by atoms with E-state index in [9.17, 15) is 0 Å². The molecule has 2 rings (SSSR count). The van der Waals surface area contributed by atoms with Crippen LogP contribution in [0.3, 0.4) is 0 Å². The van der Waals surface area contributed by atoms with Crippen molar-refractivity contribution in [3.05, 3.63) is 35.9 Å². The zero-order chi connectivity index (χ0) is 11.4. The van der Waals surface area contributed by atoms with Crippen molar-refractivity contribution < 1.29 is 4.74 Å². The lowest BCUT2D eigenvalue weighted by atomic mass is 9.92. The lowest BCUT2D eigenvalue weighted by Crippen LogP contribution is -2.33. The van der Waals surface area contributed by atoms with Gasteiger partial charge in [0.05, 0.1) is 12.7 Å². The van der Waals surface area contributed by atoms with E-state index in [1.54, 1.807) is 0 Å². The van der Waals surface area contributed by atoms with Crippen LogP contribution in [0.1, 0.15) is 11.5 Å². The molecule has 1 fully saturated rings. The van der Waals surface area contributed by atoms with Gasteiger partial charge in [0.15, 0.2) is 7.98 Å². The van der Waals surface area contributed by atoms with Gasteiger partial charge in [0, 0.05) is 19.0 Å². The molecule has 3 nitrogen and oxygen atoms in total. The highest BCUT2D eigenvalue weighted by Gasteiger charge is 2.26. The van der Waals surface area contributed by atoms with E-state index in [-0.39, 0.29) is 12.0 Å². The van der Waals surface area contributed by atoms with Crippen LogP contribution in [0.15, 0.2) is 30.3 Å². The van der Waals surface area contributed by atoms with Gasteiger partial charge >= 0.3 is 0 Å². The van der Waals surface area contributed by atoms with Crippen LogP contribution in [-0.2, 0) is 4.74 Å². The van der Waals surface area contributed by atoms with Crippen molar-refractivity contribution >= 4 is 7.98 Å². The second-order valence-corrected chi connectivity index (χ2v) is 4.16. The van der Waals surface area contributed by atoms with Crippen LogP contribution in [-0.4, -0.2) is 45.1 Å². The van der Waals surface area contributed by atoms with Crippen LogP contribution < -0.4 is 5.73 Å². The van der Waals surface area contributed by atoms with Gasteiger partial charge in [0.1, 0.15) is 0 Å². The van der Waals surface area contributed by atoms with Crippen LogP contribution in [0.4, 0.5) is 0 Å². The maximum atomic E-state index is 5.89. The molecular formula is C12H17BN2O. The van der Waals surface area contributed by atoms with Crippen LogP contribution in [0.5, 0.6) is 0 Å². The number of nitrogens with zero attached hydrogens (tertiary/aromatic N) is 1. The fraction of sp³-hybridized carbons (Fsp3) is 0.500. The molecular weight excluding hydrogens is 199 g/mol. The molecule has 0 aliphatic carbocycles. The Bertz CT molecular complexity index is 320. The first kappa shape index (κ1) is 11.6. The predicted octanol–water partition coefficient (Wildman–Crippen LogP) is 0.513. The number of hydrogen-bond donors (Lipinski definition) is 1. The molecule has 4 heteroatoms. The zero-order valence-corrected chi connectivity index (χ0v) is 9.38. The first-order valence-corrected chi connectivity index (χ1v) is 5.67. The average Bonchev–Trinajstić information content (AvgIpc) is 2.52. The summed E-state index contributed by atoms with van der Waals surface area (Å²) < 4.78 is 5.74. The minimum atomic E-state index is 0.0657. The normalized spacial score (nSPS) is 27.6. The van der Waals surface area contributed by atoms with Gasteiger partial charge in [-0.05, 0) is 12.1 Å². The SMILES string of the molecule is [B]N1CCO[C@H](CN)C(c2ccccc2)C1. The van der Waals surface area contributed by atoms with Gasteiger partial charge in [-0.25, -0.2) is 0 Å². The van der Waals surface area contributed by atoms with Crippen LogP contribution in [0, 0.1) is 0 Å². The van der Waals surface area contributed by atoms with Crippen LogP contribution in [0.2, 0.25) is 0 Å². The summed E-state index contributed by atoms with van der Waals surface area (Å²) in [4.78, 5) is 1.81. The Balaban J connectivity index is 2.20. The molecule has 1 aliphatic heterocycles. The van der Waals surface area contributed by atoms with Crippen molar-refractivity contribution in [1.29, 1.82) is 0 Å². The van der Waals surface area contributed by atoms with E-state index in [1.165, 1.54) is 5.56 Å². The standard InChI is InChI=1S/C12H17BN2O/c13-15-6-7-16-12(8-14)11(9-15)10-4-2-1-3-5-10/h1-5,11-12H,6-9,14H2/t11?,12-/m1/s1. The zero-order valence-electron chi connectivity index (χ0n) is 9.38. The van der Waals surface area contributed by atoms with E-state index in [0.29, 0.717) is 13.2 Å². The first-order valence-electron chi connectivity index (χ1n) is 5.67. The van der Waals surface area contributed by atoms with Gasteiger partial charge in [-0.15, -0.1) is 0 Å². The van der Waals surface area contributed by atoms with E-state index >= 15 is 0 Å². The average molecular weight is 216 g/mol. The summed E-state index contributed by atoms with van der Waals surface area (Å²) in [5, 5.41) is 0. The topological polar surface area (TPSA) is 38.5 Å². The minimum absolute atomic E-state index is 0.0657. The molecule has 2 atom stereocenters. The summed E-state index contributed by atoms with van der Waals surface area (Å²) in [6, 6.07) is 10.3. The maximum Gasteiger partial charge on any atom is 0.182 e. The Morgan fingerprint density at radius 2 is 2.12 bits per heavy atom. The highest BCUT2D eigenvalue weighted by molar-refractivity contribution is 6.04. The Morgan fingerprint density at radius 1 is 1.38 bits per heavy atom. The lowest BCUT2D eigenvalue weighted by molar-refractivity contribution is 0.0580. The van der Waals surface area contributed by atoms with Gasteiger partial charge in [-0.1, -0.05) is 30.3 Å². The highest BCUT2D eigenvalue weighted by atomic mass is 16.5. The van der Waals surface area contributed by atoms with Crippen LogP contribution in [0.25, 0.3) is 0 Å².